The summed E-state index contributed by atoms with van der Waals surface area (Å²) in [5.41, 5.74) is 0. The highest BCUT2D eigenvalue weighted by Gasteiger charge is 1.65. The van der Waals surface area contributed by atoms with Crippen molar-refractivity contribution in [3.8, 4) is 0 Å². The number of rotatable bonds is 0. The molecule has 0 N–H and O–H groups in total. The van der Waals surface area contributed by atoms with Crippen LogP contribution in [-0.4, -0.2) is 0 Å². The lowest BCUT2D eigenvalue weighted by Crippen LogP contribution is -1.50. The van der Waals surface area contributed by atoms with Crippen LogP contribution in [0.2, 0.25) is 0 Å². The summed E-state index contributed by atoms with van der Waals surface area (Å²) in [5.74, 6) is 0. The molecule has 0 aliphatic heterocycles. The molecule has 0 atom stereocenters. The van der Waals surface area contributed by atoms with Crippen molar-refractivity contribution >= 4 is 0 Å². The van der Waals surface area contributed by atoms with Crippen molar-refractivity contribution in [1.82, 2.24) is 0 Å². The van der Waals surface area contributed by atoms with Crippen LogP contribution in [0.15, 0.2) is 15.4 Å². The van der Waals surface area contributed by atoms with Crippen molar-refractivity contribution in [3.05, 3.63) is 12.5 Å². The first-order valence-corrected chi connectivity index (χ1v) is 0.895. The Bertz CT molecular complexity index is 45.8. The van der Waals surface area contributed by atoms with E-state index in [1.54, 1.807) is 0 Å². The predicted molar refractivity (Wildman–Crippen MR) is 9.81 cm³/mol. The summed E-state index contributed by atoms with van der Waals surface area (Å²) in [4.78, 5) is 0. The van der Waals surface area contributed by atoms with Crippen LogP contribution in [0.3, 0.4) is 0 Å². The molecule has 2 nitrogen and oxygen atoms in total. The van der Waals surface area contributed by atoms with Gasteiger partial charge >= 0.3 is 0 Å². The number of hydrogen-bond donors (Lipinski definition) is 0. The summed E-state index contributed by atoms with van der Waals surface area (Å²) in [6, 6.07) is 0. The second-order valence-corrected chi connectivity index (χ2v) is 0.415. The minimum absolute atomic E-state index is 1.33. The van der Waals surface area contributed by atoms with Gasteiger partial charge in [-0.2, -0.15) is 0 Å². The summed E-state index contributed by atoms with van der Waals surface area (Å²) in [7, 11) is 0. The zero-order chi connectivity index (χ0) is 2.83. The summed E-state index contributed by atoms with van der Waals surface area (Å²) >= 11 is 0. The Balaban J connectivity index is 3.00. The molecule has 0 spiro atoms. The predicted octanol–water partition coefficient (Wildman–Crippen LogP) is 0.673. The number of hydrogen-bond acceptors (Lipinski definition) is 2. The third kappa shape index (κ3) is 0.0139. The van der Waals surface area contributed by atoms with Gasteiger partial charge < -0.3 is 0 Å². The Labute approximate surface area is 22.9 Å². The monoisotopic (exact) mass is 57.0 g/mol. The zero-order valence-electron chi connectivity index (χ0n) is 1.89. The first kappa shape index (κ1) is 1.64. The molecule has 0 aromatic carbocycles. The summed E-state index contributed by atoms with van der Waals surface area (Å²) in [5, 5.41) is 0. The lowest BCUT2D eigenvalue weighted by Gasteiger charge is -1.70. The van der Waals surface area contributed by atoms with Crippen molar-refractivity contribution in [2.24, 2.45) is 0 Å². The highest BCUT2D eigenvalue weighted by Crippen LogP contribution is 1.77. The van der Waals surface area contributed by atoms with Gasteiger partial charge in [0.15, 0.2) is 6.26 Å². The minimum Gasteiger partial charge on any atom is -0.293 e. The van der Waals surface area contributed by atoms with Crippen molar-refractivity contribution in [1.29, 1.82) is 0 Å². The molecule has 0 amide bonds. The molecule has 2 heteroatoms. The third-order valence-electron chi connectivity index (χ3n) is 0.192. The van der Waals surface area contributed by atoms with Gasteiger partial charge in [0.1, 0.15) is 0 Å². The maximum absolute atomic E-state index is 3.99. The fourth-order valence-electron chi connectivity index (χ4n) is 0.0481. The molecule has 0 unspecified atom stereocenters. The minimum atomic E-state index is 1.33. The van der Waals surface area contributed by atoms with Gasteiger partial charge in [-0.25, -0.2) is 0 Å². The SMILES string of the molecule is [c]1coo1. The van der Waals surface area contributed by atoms with Crippen LogP contribution in [0.5, 0.6) is 0 Å². The van der Waals surface area contributed by atoms with E-state index in [1.165, 1.54) is 6.26 Å². The lowest BCUT2D eigenvalue weighted by atomic mass is 11.0. The van der Waals surface area contributed by atoms with Crippen LogP contribution in [0.4, 0.5) is 0 Å². The van der Waals surface area contributed by atoms with Gasteiger partial charge in [0, 0.05) is 0 Å². The molecule has 1 radical (unpaired) electrons. The van der Waals surface area contributed by atoms with Crippen molar-refractivity contribution in [2.75, 3.05) is 0 Å². The van der Waals surface area contributed by atoms with Crippen LogP contribution in [0, 0.1) is 6.26 Å². The van der Waals surface area contributed by atoms with Crippen LogP contribution in [0.25, 0.3) is 0 Å². The smallest absolute Gasteiger partial charge is 0.268 e. The van der Waals surface area contributed by atoms with Gasteiger partial charge in [-0.05, 0) is 0 Å². The quantitative estimate of drug-likeness (QED) is 0.409. The first-order valence-electron chi connectivity index (χ1n) is 0.895. The van der Waals surface area contributed by atoms with E-state index in [0.717, 1.165) is 0 Å². The molecule has 0 fully saturated rings. The van der Waals surface area contributed by atoms with Gasteiger partial charge in [-0.1, -0.05) is 0 Å². The second kappa shape index (κ2) is 0.377. The molecular weight excluding hydrogens is 56.0 g/mol. The Morgan fingerprint density at radius 1 is 1.75 bits per heavy atom. The van der Waals surface area contributed by atoms with Gasteiger partial charge in [-0.15, -0.1) is 0 Å². The lowest BCUT2D eigenvalue weighted by molar-refractivity contribution is -0.00428. The average Bonchev–Trinajstić information content (AvgIpc) is 0.722. The van der Waals surface area contributed by atoms with Gasteiger partial charge in [-0.3, -0.25) is 9.15 Å². The van der Waals surface area contributed by atoms with E-state index in [2.05, 4.69) is 15.4 Å². The van der Waals surface area contributed by atoms with Crippen LogP contribution < -0.4 is 0 Å². The van der Waals surface area contributed by atoms with E-state index in [-0.39, 0.29) is 0 Å². The highest BCUT2D eigenvalue weighted by molar-refractivity contribution is 4.38. The van der Waals surface area contributed by atoms with E-state index in [4.69, 9.17) is 0 Å². The highest BCUT2D eigenvalue weighted by atomic mass is 17.0. The first-order chi connectivity index (χ1) is 2.00. The Kier molecular flexibility index (Phi) is 0.154. The second-order valence-electron chi connectivity index (χ2n) is 0.415. The molecule has 0 aliphatic carbocycles. The normalized spacial score (nSPS) is 8.00. The molecule has 4 heavy (non-hydrogen) atoms. The molecule has 1 heterocycles. The van der Waals surface area contributed by atoms with Crippen molar-refractivity contribution < 1.29 is 9.15 Å². The fraction of sp³-hybridized carbons (Fsp3) is 0. The zero-order valence-corrected chi connectivity index (χ0v) is 1.89. The maximum atomic E-state index is 3.99. The fourth-order valence-corrected chi connectivity index (χ4v) is 0.0481. The Hall–Kier alpha value is -0.660. The summed E-state index contributed by atoms with van der Waals surface area (Å²) in [6.45, 7) is 0. The van der Waals surface area contributed by atoms with E-state index >= 15 is 0 Å². The molecule has 1 aromatic rings. The van der Waals surface area contributed by atoms with E-state index in [1.807, 2.05) is 0 Å². The van der Waals surface area contributed by atoms with Crippen LogP contribution >= 0.6 is 0 Å². The van der Waals surface area contributed by atoms with Crippen molar-refractivity contribution in [2.45, 2.75) is 0 Å². The van der Waals surface area contributed by atoms with Gasteiger partial charge in [0.05, 0.1) is 0 Å². The molecule has 0 saturated carbocycles. The molecule has 21 valence electrons. The maximum Gasteiger partial charge on any atom is 0.268 e. The Morgan fingerprint density at radius 2 is 2.00 bits per heavy atom. The Morgan fingerprint density at radius 3 is 2.00 bits per heavy atom. The van der Waals surface area contributed by atoms with Gasteiger partial charge in [0.2, 0.25) is 0 Å². The van der Waals surface area contributed by atoms with Gasteiger partial charge in [0.25, 0.3) is 6.26 Å². The van der Waals surface area contributed by atoms with E-state index < -0.39 is 0 Å². The average molecular weight is 57.0 g/mol. The van der Waals surface area contributed by atoms with Crippen LogP contribution in [0.1, 0.15) is 0 Å². The standard InChI is InChI=1S/C2HO2/c1-2-4-3-1/h1H. The molecule has 1 aromatic heterocycles. The largest absolute Gasteiger partial charge is 0.293 e. The topological polar surface area (TPSA) is 26.3 Å². The van der Waals surface area contributed by atoms with E-state index in [9.17, 15) is 0 Å². The summed E-state index contributed by atoms with van der Waals surface area (Å²) in [6.07, 6.45) is 3.60. The molecular formula is C2HO2. The summed E-state index contributed by atoms with van der Waals surface area (Å²) < 4.78 is 7.90. The molecule has 1 rings (SSSR count). The molecule has 0 bridgehead atoms. The van der Waals surface area contributed by atoms with E-state index in [0.29, 0.717) is 0 Å². The van der Waals surface area contributed by atoms with Crippen molar-refractivity contribution in [3.63, 3.8) is 0 Å². The molecule has 0 aliphatic rings. The van der Waals surface area contributed by atoms with Crippen LogP contribution in [-0.2, 0) is 0 Å². The molecule has 0 saturated heterocycles. The third-order valence-corrected chi connectivity index (χ3v) is 0.192.